The lowest BCUT2D eigenvalue weighted by atomic mass is 10.0. The highest BCUT2D eigenvalue weighted by Crippen LogP contribution is 2.23. The Hall–Kier alpha value is -2.31. The average Bonchev–Trinajstić information content (AvgIpc) is 2.67. The van der Waals surface area contributed by atoms with E-state index >= 15 is 0 Å². The van der Waals surface area contributed by atoms with Crippen molar-refractivity contribution in [3.8, 4) is 0 Å². The molecule has 7 nitrogen and oxygen atoms in total. The third-order valence-electron chi connectivity index (χ3n) is 2.63. The number of carbonyl (C=O) groups excluding carboxylic acids is 2. The van der Waals surface area contributed by atoms with Gasteiger partial charge in [0.2, 0.25) is 0 Å². The van der Waals surface area contributed by atoms with Crippen molar-refractivity contribution >= 4 is 23.4 Å². The minimum atomic E-state index is -0.584. The first-order valence-corrected chi connectivity index (χ1v) is 5.35. The lowest BCUT2D eigenvalue weighted by molar-refractivity contribution is -0.142. The van der Waals surface area contributed by atoms with E-state index in [0.717, 1.165) is 5.01 Å². The van der Waals surface area contributed by atoms with Gasteiger partial charge in [-0.25, -0.2) is 4.98 Å². The molecule has 94 valence electrons. The summed E-state index contributed by atoms with van der Waals surface area (Å²) in [6.07, 6.45) is 4.41. The quantitative estimate of drug-likeness (QED) is 0.722. The number of carbonyl (C=O) groups is 2. The SMILES string of the molecule is COC(=O)CC1C(=O)N(c2cnccn2)N=C1C. The zero-order valence-corrected chi connectivity index (χ0v) is 10.0. The largest absolute Gasteiger partial charge is 0.469 e. The molecule has 18 heavy (non-hydrogen) atoms. The highest BCUT2D eigenvalue weighted by molar-refractivity contribution is 6.15. The second-order valence-corrected chi connectivity index (χ2v) is 3.79. The van der Waals surface area contributed by atoms with E-state index in [0.29, 0.717) is 11.5 Å². The van der Waals surface area contributed by atoms with Crippen molar-refractivity contribution in [1.29, 1.82) is 0 Å². The highest BCUT2D eigenvalue weighted by atomic mass is 16.5. The summed E-state index contributed by atoms with van der Waals surface area (Å²) in [6, 6.07) is 0. The number of methoxy groups -OCH3 is 1. The van der Waals surface area contributed by atoms with Crippen LogP contribution in [-0.4, -0.2) is 34.7 Å². The molecule has 0 spiro atoms. The maximum absolute atomic E-state index is 12.1. The summed E-state index contributed by atoms with van der Waals surface area (Å²) >= 11 is 0. The van der Waals surface area contributed by atoms with Gasteiger partial charge in [0.1, 0.15) is 0 Å². The van der Waals surface area contributed by atoms with E-state index in [9.17, 15) is 9.59 Å². The van der Waals surface area contributed by atoms with Crippen LogP contribution in [-0.2, 0) is 14.3 Å². The number of esters is 1. The van der Waals surface area contributed by atoms with Gasteiger partial charge in [-0.1, -0.05) is 0 Å². The minimum Gasteiger partial charge on any atom is -0.469 e. The Morgan fingerprint density at radius 1 is 1.50 bits per heavy atom. The van der Waals surface area contributed by atoms with Crippen LogP contribution in [0.15, 0.2) is 23.7 Å². The van der Waals surface area contributed by atoms with Gasteiger partial charge >= 0.3 is 5.97 Å². The number of hydrazone groups is 1. The first kappa shape index (κ1) is 12.2. The third kappa shape index (κ3) is 2.20. The number of ether oxygens (including phenoxy) is 1. The Bertz CT molecular complexity index is 500. The van der Waals surface area contributed by atoms with E-state index in [1.165, 1.54) is 25.7 Å². The minimum absolute atomic E-state index is 0.0125. The molecule has 0 aromatic carbocycles. The van der Waals surface area contributed by atoms with Crippen molar-refractivity contribution in [2.75, 3.05) is 12.1 Å². The predicted octanol–water partition coefficient (Wildman–Crippen LogP) is 0.378. The summed E-state index contributed by atoms with van der Waals surface area (Å²) in [6.45, 7) is 1.70. The molecule has 0 bridgehead atoms. The second kappa shape index (κ2) is 4.91. The smallest absolute Gasteiger partial charge is 0.306 e. The lowest BCUT2D eigenvalue weighted by Gasteiger charge is -2.11. The van der Waals surface area contributed by atoms with Crippen molar-refractivity contribution in [2.24, 2.45) is 11.0 Å². The maximum Gasteiger partial charge on any atom is 0.306 e. The van der Waals surface area contributed by atoms with Crippen molar-refractivity contribution < 1.29 is 14.3 Å². The zero-order chi connectivity index (χ0) is 13.1. The number of amides is 1. The van der Waals surface area contributed by atoms with Gasteiger partial charge in [-0.3, -0.25) is 14.6 Å². The number of hydrogen-bond donors (Lipinski definition) is 0. The molecular weight excluding hydrogens is 236 g/mol. The van der Waals surface area contributed by atoms with Crippen LogP contribution >= 0.6 is 0 Å². The Kier molecular flexibility index (Phi) is 3.31. The van der Waals surface area contributed by atoms with Gasteiger partial charge in [-0.15, -0.1) is 0 Å². The number of rotatable bonds is 3. The van der Waals surface area contributed by atoms with Gasteiger partial charge in [0.25, 0.3) is 5.91 Å². The van der Waals surface area contributed by atoms with E-state index < -0.39 is 11.9 Å². The molecule has 7 heteroatoms. The normalized spacial score (nSPS) is 18.8. The average molecular weight is 248 g/mol. The molecule has 1 aliphatic rings. The fourth-order valence-electron chi connectivity index (χ4n) is 1.65. The summed E-state index contributed by atoms with van der Waals surface area (Å²) in [4.78, 5) is 31.2. The standard InChI is InChI=1S/C11H12N4O3/c1-7-8(5-10(16)18-2)11(17)15(14-7)9-6-12-3-4-13-9/h3-4,6,8H,5H2,1-2H3. The molecule has 0 N–H and O–H groups in total. The van der Waals surface area contributed by atoms with Gasteiger partial charge in [0, 0.05) is 18.1 Å². The lowest BCUT2D eigenvalue weighted by Crippen LogP contribution is -2.29. The Morgan fingerprint density at radius 2 is 2.28 bits per heavy atom. The maximum atomic E-state index is 12.1. The fraction of sp³-hybridized carbons (Fsp3) is 0.364. The molecule has 0 fully saturated rings. The number of hydrogen-bond acceptors (Lipinski definition) is 6. The van der Waals surface area contributed by atoms with Crippen LogP contribution in [0.1, 0.15) is 13.3 Å². The van der Waals surface area contributed by atoms with E-state index in [4.69, 9.17) is 0 Å². The summed E-state index contributed by atoms with van der Waals surface area (Å²) in [5.74, 6) is -0.976. The second-order valence-electron chi connectivity index (χ2n) is 3.79. The van der Waals surface area contributed by atoms with Crippen LogP contribution in [0.2, 0.25) is 0 Å². The number of nitrogens with zero attached hydrogens (tertiary/aromatic N) is 4. The van der Waals surface area contributed by atoms with Crippen molar-refractivity contribution in [1.82, 2.24) is 9.97 Å². The Balaban J connectivity index is 2.19. The van der Waals surface area contributed by atoms with Gasteiger partial charge in [0.15, 0.2) is 5.82 Å². The van der Waals surface area contributed by atoms with Gasteiger partial charge in [-0.2, -0.15) is 10.1 Å². The molecule has 1 aromatic heterocycles. The Morgan fingerprint density at radius 3 is 2.89 bits per heavy atom. The molecule has 0 saturated heterocycles. The third-order valence-corrected chi connectivity index (χ3v) is 2.63. The van der Waals surface area contributed by atoms with Crippen LogP contribution in [0, 0.1) is 5.92 Å². The van der Waals surface area contributed by atoms with E-state index in [-0.39, 0.29) is 12.3 Å². The molecule has 2 heterocycles. The van der Waals surface area contributed by atoms with Gasteiger partial charge < -0.3 is 4.74 Å². The summed E-state index contributed by atoms with van der Waals surface area (Å²) in [7, 11) is 1.29. The molecular formula is C11H12N4O3. The van der Waals surface area contributed by atoms with Crippen molar-refractivity contribution in [3.05, 3.63) is 18.6 Å². The molecule has 0 radical (unpaired) electrons. The van der Waals surface area contributed by atoms with Crippen molar-refractivity contribution in [3.63, 3.8) is 0 Å². The van der Waals surface area contributed by atoms with Crippen LogP contribution in [0.4, 0.5) is 5.82 Å². The van der Waals surface area contributed by atoms with E-state index in [2.05, 4.69) is 19.8 Å². The summed E-state index contributed by atoms with van der Waals surface area (Å²) < 4.78 is 4.56. The molecule has 0 aliphatic carbocycles. The molecule has 2 rings (SSSR count). The topological polar surface area (TPSA) is 84.8 Å². The molecule has 1 unspecified atom stereocenters. The summed E-state index contributed by atoms with van der Waals surface area (Å²) in [5.41, 5.74) is 0.566. The monoisotopic (exact) mass is 248 g/mol. The molecule has 1 atom stereocenters. The fourth-order valence-corrected chi connectivity index (χ4v) is 1.65. The molecule has 0 saturated carbocycles. The van der Waals surface area contributed by atoms with Gasteiger partial charge in [0.05, 0.1) is 25.6 Å². The van der Waals surface area contributed by atoms with E-state index in [1.54, 1.807) is 6.92 Å². The van der Waals surface area contributed by atoms with Crippen molar-refractivity contribution in [2.45, 2.75) is 13.3 Å². The van der Waals surface area contributed by atoms with Crippen LogP contribution in [0.3, 0.4) is 0 Å². The van der Waals surface area contributed by atoms with E-state index in [1.807, 2.05) is 0 Å². The highest BCUT2D eigenvalue weighted by Gasteiger charge is 2.36. The summed E-state index contributed by atoms with van der Waals surface area (Å²) in [5, 5.41) is 5.26. The molecule has 1 amide bonds. The zero-order valence-electron chi connectivity index (χ0n) is 10.0. The number of aromatic nitrogens is 2. The Labute approximate surface area is 103 Å². The van der Waals surface area contributed by atoms with Crippen LogP contribution < -0.4 is 5.01 Å². The molecule has 1 aliphatic heterocycles. The van der Waals surface area contributed by atoms with Crippen LogP contribution in [0.5, 0.6) is 0 Å². The first-order chi connectivity index (χ1) is 8.63. The number of anilines is 1. The predicted molar refractivity (Wildman–Crippen MR) is 62.8 cm³/mol. The first-order valence-electron chi connectivity index (χ1n) is 5.35. The van der Waals surface area contributed by atoms with Crippen LogP contribution in [0.25, 0.3) is 0 Å². The van der Waals surface area contributed by atoms with Gasteiger partial charge in [-0.05, 0) is 6.92 Å². The molecule has 1 aromatic rings.